The van der Waals surface area contributed by atoms with E-state index in [2.05, 4.69) is 5.59 Å². The van der Waals surface area contributed by atoms with E-state index in [1.807, 2.05) is 0 Å². The summed E-state index contributed by atoms with van der Waals surface area (Å²) in [6.07, 6.45) is 0. The van der Waals surface area contributed by atoms with Gasteiger partial charge >= 0.3 is 7.48 Å². The minimum absolute atomic E-state index is 0.0813. The van der Waals surface area contributed by atoms with Gasteiger partial charge in [0.1, 0.15) is 13.7 Å². The first-order valence-corrected chi connectivity index (χ1v) is 6.97. The SMILES string of the molecule is [B]c1cc(CN(NOC)C(=O)c2cc(F)cc([B]O)c2)cc(F)c1F. The monoisotopic (exact) mass is 347 g/mol. The number of amides is 1. The zero-order chi connectivity index (χ0) is 18.6. The van der Waals surface area contributed by atoms with Crippen LogP contribution in [0.2, 0.25) is 0 Å². The van der Waals surface area contributed by atoms with Crippen molar-refractivity contribution in [1.29, 1.82) is 0 Å². The largest absolute Gasteiger partial charge is 0.450 e. The summed E-state index contributed by atoms with van der Waals surface area (Å²) in [6.45, 7) is -0.247. The molecule has 0 heterocycles. The molecule has 5 nitrogen and oxygen atoms in total. The Balaban J connectivity index is 2.31. The predicted molar refractivity (Wildman–Crippen MR) is 85.8 cm³/mol. The van der Waals surface area contributed by atoms with Gasteiger partial charge in [0.05, 0.1) is 13.7 Å². The van der Waals surface area contributed by atoms with Gasteiger partial charge in [-0.1, -0.05) is 23.1 Å². The van der Waals surface area contributed by atoms with E-state index in [4.69, 9.17) is 17.7 Å². The number of hydrogen-bond acceptors (Lipinski definition) is 4. The summed E-state index contributed by atoms with van der Waals surface area (Å²) in [5.74, 6) is -3.81. The molecule has 2 aromatic carbocycles. The lowest BCUT2D eigenvalue weighted by atomic mass is 9.87. The number of benzene rings is 2. The number of nitrogens with one attached hydrogen (secondary N) is 1. The minimum atomic E-state index is -1.19. The Morgan fingerprint density at radius 3 is 2.60 bits per heavy atom. The summed E-state index contributed by atoms with van der Waals surface area (Å²) in [5.41, 5.74) is 2.02. The molecule has 0 saturated carbocycles. The van der Waals surface area contributed by atoms with Crippen LogP contribution in [0.1, 0.15) is 15.9 Å². The average molecular weight is 347 g/mol. The topological polar surface area (TPSA) is 61.8 Å². The maximum absolute atomic E-state index is 13.5. The van der Waals surface area contributed by atoms with Crippen LogP contribution in [0.15, 0.2) is 30.3 Å². The Morgan fingerprint density at radius 2 is 2.00 bits per heavy atom. The number of carbonyl (C=O) groups excluding carboxylic acids is 1. The molecule has 0 aliphatic rings. The van der Waals surface area contributed by atoms with Gasteiger partial charge in [-0.25, -0.2) is 18.2 Å². The van der Waals surface area contributed by atoms with Gasteiger partial charge in [-0.2, -0.15) is 0 Å². The van der Waals surface area contributed by atoms with Gasteiger partial charge in [0.15, 0.2) is 11.6 Å². The van der Waals surface area contributed by atoms with E-state index in [0.29, 0.717) is 7.48 Å². The van der Waals surface area contributed by atoms with Gasteiger partial charge in [0, 0.05) is 5.56 Å². The van der Waals surface area contributed by atoms with Crippen LogP contribution in [-0.2, 0) is 11.4 Å². The van der Waals surface area contributed by atoms with Crippen LogP contribution in [0.5, 0.6) is 0 Å². The van der Waals surface area contributed by atoms with Gasteiger partial charge in [-0.05, 0) is 23.8 Å². The maximum atomic E-state index is 13.5. The fraction of sp³-hybridized carbons (Fsp3) is 0.133. The van der Waals surface area contributed by atoms with Gasteiger partial charge in [-0.15, -0.1) is 5.59 Å². The molecule has 3 radical (unpaired) electrons. The van der Waals surface area contributed by atoms with Crippen molar-refractivity contribution < 1.29 is 27.8 Å². The third kappa shape index (κ3) is 4.62. The molecule has 0 aliphatic heterocycles. The van der Waals surface area contributed by atoms with Crippen molar-refractivity contribution in [1.82, 2.24) is 10.6 Å². The third-order valence-corrected chi connectivity index (χ3v) is 3.22. The summed E-state index contributed by atoms with van der Waals surface area (Å²) in [5, 5.41) is 9.89. The van der Waals surface area contributed by atoms with Gasteiger partial charge in [0.25, 0.3) is 5.91 Å². The second kappa shape index (κ2) is 8.19. The minimum Gasteiger partial charge on any atom is -0.450 e. The first kappa shape index (κ1) is 19.0. The van der Waals surface area contributed by atoms with Crippen LogP contribution in [-0.4, -0.2) is 38.4 Å². The Labute approximate surface area is 144 Å². The average Bonchev–Trinajstić information content (AvgIpc) is 2.58. The highest BCUT2D eigenvalue weighted by Crippen LogP contribution is 2.11. The molecule has 0 aromatic heterocycles. The zero-order valence-corrected chi connectivity index (χ0v) is 13.1. The molecule has 1 amide bonds. The summed E-state index contributed by atoms with van der Waals surface area (Å²) in [4.78, 5) is 17.2. The van der Waals surface area contributed by atoms with Crippen LogP contribution in [0.3, 0.4) is 0 Å². The van der Waals surface area contributed by atoms with Gasteiger partial charge < -0.3 is 5.02 Å². The zero-order valence-electron chi connectivity index (χ0n) is 13.1. The van der Waals surface area contributed by atoms with Crippen LogP contribution in [0.25, 0.3) is 0 Å². The van der Waals surface area contributed by atoms with Crippen molar-refractivity contribution in [3.8, 4) is 0 Å². The number of nitrogens with zero attached hydrogens (tertiary/aromatic N) is 1. The molecule has 0 atom stereocenters. The smallest absolute Gasteiger partial charge is 0.326 e. The lowest BCUT2D eigenvalue weighted by Crippen LogP contribution is -2.42. The fourth-order valence-corrected chi connectivity index (χ4v) is 2.16. The Morgan fingerprint density at radius 1 is 1.28 bits per heavy atom. The molecule has 2 N–H and O–H groups in total. The van der Waals surface area contributed by atoms with E-state index < -0.39 is 28.8 Å². The normalized spacial score (nSPS) is 10.6. The number of carbonyl (C=O) groups is 1. The van der Waals surface area contributed by atoms with Crippen molar-refractivity contribution in [2.75, 3.05) is 7.11 Å². The fourth-order valence-electron chi connectivity index (χ4n) is 2.16. The van der Waals surface area contributed by atoms with Gasteiger partial charge in [-0.3, -0.25) is 9.63 Å². The second-order valence-electron chi connectivity index (χ2n) is 5.07. The molecule has 2 aromatic rings. The Bertz CT molecular complexity index is 770. The molecule has 0 bridgehead atoms. The van der Waals surface area contributed by atoms with Crippen LogP contribution in [0, 0.1) is 17.5 Å². The lowest BCUT2D eigenvalue weighted by molar-refractivity contribution is -0.0443. The highest BCUT2D eigenvalue weighted by Gasteiger charge is 2.19. The molecule has 0 fully saturated rings. The number of rotatable bonds is 6. The number of halogens is 3. The lowest BCUT2D eigenvalue weighted by Gasteiger charge is -2.22. The van der Waals surface area contributed by atoms with E-state index >= 15 is 0 Å². The molecule has 0 unspecified atom stereocenters. The summed E-state index contributed by atoms with van der Waals surface area (Å²) in [7, 11) is 7.24. The van der Waals surface area contributed by atoms with Crippen molar-refractivity contribution in [3.63, 3.8) is 0 Å². The molecular formula is C15H12B2F3N2O3. The third-order valence-electron chi connectivity index (χ3n) is 3.22. The highest BCUT2D eigenvalue weighted by atomic mass is 19.2. The molecule has 0 spiro atoms. The van der Waals surface area contributed by atoms with Crippen molar-refractivity contribution in [3.05, 3.63) is 58.9 Å². The first-order chi connectivity index (χ1) is 11.8. The predicted octanol–water partition coefficient (Wildman–Crippen LogP) is -0.157. The molecule has 0 aliphatic carbocycles. The van der Waals surface area contributed by atoms with E-state index in [-0.39, 0.29) is 23.1 Å². The van der Waals surface area contributed by atoms with Crippen LogP contribution in [0.4, 0.5) is 13.2 Å². The maximum Gasteiger partial charge on any atom is 0.326 e. The number of hydrazine groups is 1. The van der Waals surface area contributed by atoms with Crippen molar-refractivity contribution >= 4 is 32.2 Å². The summed E-state index contributed by atoms with van der Waals surface area (Å²) < 4.78 is 40.3. The summed E-state index contributed by atoms with van der Waals surface area (Å²) in [6, 6.07) is 5.27. The first-order valence-electron chi connectivity index (χ1n) is 6.97. The quantitative estimate of drug-likeness (QED) is 0.564. The number of hydrogen-bond donors (Lipinski definition) is 2. The van der Waals surface area contributed by atoms with Crippen LogP contribution >= 0.6 is 0 Å². The van der Waals surface area contributed by atoms with E-state index in [0.717, 1.165) is 29.3 Å². The molecular weight excluding hydrogens is 335 g/mol. The highest BCUT2D eigenvalue weighted by molar-refractivity contribution is 6.45. The van der Waals surface area contributed by atoms with Gasteiger partial charge in [0.2, 0.25) is 0 Å². The van der Waals surface area contributed by atoms with E-state index in [1.54, 1.807) is 0 Å². The van der Waals surface area contributed by atoms with Crippen molar-refractivity contribution in [2.24, 2.45) is 0 Å². The Hall–Kier alpha value is -2.29. The summed E-state index contributed by atoms with van der Waals surface area (Å²) >= 11 is 0. The standard InChI is InChI=1S/C15H12B2F3N2O3/c1-25-21-22(7-8-2-12(16)14(20)13(19)3-8)15(23)9-4-10(17-24)6-11(18)5-9/h2-6,21,24H,7H2,1H3. The van der Waals surface area contributed by atoms with E-state index in [1.165, 1.54) is 13.2 Å². The Kier molecular flexibility index (Phi) is 6.24. The molecule has 127 valence electrons. The van der Waals surface area contributed by atoms with E-state index in [9.17, 15) is 18.0 Å². The molecule has 25 heavy (non-hydrogen) atoms. The molecule has 0 saturated heterocycles. The molecule has 2 rings (SSSR count). The van der Waals surface area contributed by atoms with Crippen LogP contribution < -0.4 is 16.5 Å². The molecule has 10 heteroatoms. The second-order valence-corrected chi connectivity index (χ2v) is 5.07. The van der Waals surface area contributed by atoms with Crippen molar-refractivity contribution in [2.45, 2.75) is 6.54 Å².